The summed E-state index contributed by atoms with van der Waals surface area (Å²) in [6.07, 6.45) is 1.41. The van der Waals surface area contributed by atoms with Crippen molar-refractivity contribution < 1.29 is 14.7 Å². The van der Waals surface area contributed by atoms with Gasteiger partial charge < -0.3 is 15.7 Å². The molecule has 0 aliphatic carbocycles. The maximum absolute atomic E-state index is 11.3. The van der Waals surface area contributed by atoms with Crippen molar-refractivity contribution in [1.29, 1.82) is 5.26 Å². The summed E-state index contributed by atoms with van der Waals surface area (Å²) in [5.41, 5.74) is 1.05. The molecule has 1 aromatic carbocycles. The topological polar surface area (TPSA) is 102 Å². The van der Waals surface area contributed by atoms with E-state index < -0.39 is 18.0 Å². The Morgan fingerprint density at radius 2 is 2.00 bits per heavy atom. The Labute approximate surface area is 103 Å². The highest BCUT2D eigenvalue weighted by Crippen LogP contribution is 2.18. The van der Waals surface area contributed by atoms with Gasteiger partial charge in [0.15, 0.2) is 0 Å². The second kappa shape index (κ2) is 4.59. The Hall–Kier alpha value is -2.81. The Morgan fingerprint density at radius 3 is 2.56 bits per heavy atom. The quantitative estimate of drug-likeness (QED) is 0.717. The lowest BCUT2D eigenvalue weighted by atomic mass is 10.0. The van der Waals surface area contributed by atoms with Crippen LogP contribution in [0.15, 0.2) is 36.0 Å². The minimum Gasteiger partial charge on any atom is -0.477 e. The van der Waals surface area contributed by atoms with Gasteiger partial charge in [0.1, 0.15) is 5.70 Å². The SMILES string of the molecule is N#Cc1ccc([C@H]2C=C(C(=O)O)NC(=O)N2)cc1. The summed E-state index contributed by atoms with van der Waals surface area (Å²) in [6, 6.07) is 7.46. The molecule has 0 bridgehead atoms. The minimum absolute atomic E-state index is 0.159. The van der Waals surface area contributed by atoms with Crippen LogP contribution in [0.25, 0.3) is 0 Å². The maximum atomic E-state index is 11.3. The normalized spacial score (nSPS) is 18.1. The summed E-state index contributed by atoms with van der Waals surface area (Å²) in [7, 11) is 0. The molecule has 2 rings (SSSR count). The first-order chi connectivity index (χ1) is 8.60. The van der Waals surface area contributed by atoms with Gasteiger partial charge in [0, 0.05) is 0 Å². The number of urea groups is 1. The molecule has 1 atom stereocenters. The van der Waals surface area contributed by atoms with Crippen LogP contribution in [0, 0.1) is 11.3 Å². The monoisotopic (exact) mass is 243 g/mol. The van der Waals surface area contributed by atoms with Crippen molar-refractivity contribution in [3.63, 3.8) is 0 Å². The van der Waals surface area contributed by atoms with Crippen LogP contribution >= 0.6 is 0 Å². The van der Waals surface area contributed by atoms with Crippen LogP contribution in [0.4, 0.5) is 4.79 Å². The molecule has 1 aliphatic rings. The summed E-state index contributed by atoms with van der Waals surface area (Å²) >= 11 is 0. The molecule has 0 unspecified atom stereocenters. The molecular formula is C12H9N3O3. The van der Waals surface area contributed by atoms with Crippen molar-refractivity contribution in [3.8, 4) is 6.07 Å². The van der Waals surface area contributed by atoms with Gasteiger partial charge >= 0.3 is 12.0 Å². The van der Waals surface area contributed by atoms with Gasteiger partial charge in [-0.15, -0.1) is 0 Å². The van der Waals surface area contributed by atoms with Gasteiger partial charge in [-0.3, -0.25) is 0 Å². The van der Waals surface area contributed by atoms with Gasteiger partial charge in [0.25, 0.3) is 0 Å². The molecule has 90 valence electrons. The lowest BCUT2D eigenvalue weighted by Crippen LogP contribution is -2.43. The molecule has 0 spiro atoms. The molecule has 2 amide bonds. The maximum Gasteiger partial charge on any atom is 0.352 e. The van der Waals surface area contributed by atoms with Crippen molar-refractivity contribution in [2.45, 2.75) is 6.04 Å². The third-order valence-electron chi connectivity index (χ3n) is 2.50. The van der Waals surface area contributed by atoms with Crippen molar-refractivity contribution in [3.05, 3.63) is 47.2 Å². The first kappa shape index (κ1) is 11.7. The van der Waals surface area contributed by atoms with Gasteiger partial charge in [-0.2, -0.15) is 5.26 Å². The summed E-state index contributed by atoms with van der Waals surface area (Å²) in [5.74, 6) is -1.19. The van der Waals surface area contributed by atoms with E-state index in [0.717, 1.165) is 0 Å². The number of carboxylic acids is 1. The molecule has 1 heterocycles. The number of aliphatic carboxylic acids is 1. The second-order valence-electron chi connectivity index (χ2n) is 3.70. The summed E-state index contributed by atoms with van der Waals surface area (Å²) < 4.78 is 0. The van der Waals surface area contributed by atoms with Gasteiger partial charge in [0.2, 0.25) is 0 Å². The molecule has 6 nitrogen and oxygen atoms in total. The van der Waals surface area contributed by atoms with E-state index in [1.807, 2.05) is 6.07 Å². The van der Waals surface area contributed by atoms with Crippen molar-refractivity contribution in [1.82, 2.24) is 10.6 Å². The highest BCUT2D eigenvalue weighted by atomic mass is 16.4. The predicted molar refractivity (Wildman–Crippen MR) is 61.3 cm³/mol. The lowest BCUT2D eigenvalue weighted by Gasteiger charge is -2.22. The van der Waals surface area contributed by atoms with Crippen LogP contribution in [-0.2, 0) is 4.79 Å². The van der Waals surface area contributed by atoms with Crippen LogP contribution in [0.2, 0.25) is 0 Å². The predicted octanol–water partition coefficient (Wildman–Crippen LogP) is 0.881. The smallest absolute Gasteiger partial charge is 0.352 e. The summed E-state index contributed by atoms with van der Waals surface area (Å²) in [4.78, 5) is 22.1. The zero-order valence-corrected chi connectivity index (χ0v) is 9.18. The van der Waals surface area contributed by atoms with E-state index >= 15 is 0 Å². The zero-order chi connectivity index (χ0) is 13.1. The van der Waals surface area contributed by atoms with Crippen molar-refractivity contribution in [2.75, 3.05) is 0 Å². The third-order valence-corrected chi connectivity index (χ3v) is 2.50. The number of carboxylic acid groups (broad SMARTS) is 1. The number of hydrogen-bond acceptors (Lipinski definition) is 3. The molecular weight excluding hydrogens is 234 g/mol. The average Bonchev–Trinajstić information content (AvgIpc) is 2.38. The van der Waals surface area contributed by atoms with Crippen LogP contribution < -0.4 is 10.6 Å². The number of carbonyl (C=O) groups is 2. The van der Waals surface area contributed by atoms with E-state index in [0.29, 0.717) is 11.1 Å². The Bertz CT molecular complexity index is 569. The highest BCUT2D eigenvalue weighted by Gasteiger charge is 2.22. The van der Waals surface area contributed by atoms with E-state index in [9.17, 15) is 9.59 Å². The van der Waals surface area contributed by atoms with Gasteiger partial charge in [-0.05, 0) is 23.8 Å². The van der Waals surface area contributed by atoms with E-state index in [1.165, 1.54) is 6.08 Å². The van der Waals surface area contributed by atoms with Crippen LogP contribution in [0.1, 0.15) is 17.2 Å². The van der Waals surface area contributed by atoms with Gasteiger partial charge in [-0.25, -0.2) is 9.59 Å². The minimum atomic E-state index is -1.19. The van der Waals surface area contributed by atoms with Crippen molar-refractivity contribution >= 4 is 12.0 Å². The fourth-order valence-corrected chi connectivity index (χ4v) is 1.62. The van der Waals surface area contributed by atoms with Gasteiger partial charge in [0.05, 0.1) is 17.7 Å². The summed E-state index contributed by atoms with van der Waals surface area (Å²) in [5, 5.41) is 22.3. The summed E-state index contributed by atoms with van der Waals surface area (Å²) in [6.45, 7) is 0. The number of rotatable bonds is 2. The number of nitrogens with zero attached hydrogens (tertiary/aromatic N) is 1. The Kier molecular flexibility index (Phi) is 2.98. The van der Waals surface area contributed by atoms with E-state index in [4.69, 9.17) is 10.4 Å². The number of nitriles is 1. The number of hydrogen-bond donors (Lipinski definition) is 3. The molecule has 0 radical (unpaired) electrons. The van der Waals surface area contributed by atoms with Crippen LogP contribution in [0.5, 0.6) is 0 Å². The molecule has 1 aliphatic heterocycles. The number of carbonyl (C=O) groups excluding carboxylic acids is 1. The molecule has 18 heavy (non-hydrogen) atoms. The van der Waals surface area contributed by atoms with Crippen LogP contribution in [0.3, 0.4) is 0 Å². The fraction of sp³-hybridized carbons (Fsp3) is 0.0833. The molecule has 6 heteroatoms. The van der Waals surface area contributed by atoms with E-state index in [2.05, 4.69) is 10.6 Å². The van der Waals surface area contributed by atoms with Gasteiger partial charge in [-0.1, -0.05) is 12.1 Å². The largest absolute Gasteiger partial charge is 0.477 e. The number of benzene rings is 1. The van der Waals surface area contributed by atoms with E-state index in [1.54, 1.807) is 24.3 Å². The molecule has 1 aromatic rings. The molecule has 0 saturated heterocycles. The van der Waals surface area contributed by atoms with Crippen molar-refractivity contribution in [2.24, 2.45) is 0 Å². The molecule has 3 N–H and O–H groups in total. The standard InChI is InChI=1S/C12H9N3O3/c13-6-7-1-3-8(4-2-7)9-5-10(11(16)17)15-12(18)14-9/h1-5,9H,(H,16,17)(H2,14,15,18)/t9-/m1/s1. The third kappa shape index (κ3) is 2.30. The average molecular weight is 243 g/mol. The van der Waals surface area contributed by atoms with Crippen LogP contribution in [-0.4, -0.2) is 17.1 Å². The molecule has 0 saturated carbocycles. The fourth-order valence-electron chi connectivity index (χ4n) is 1.62. The zero-order valence-electron chi connectivity index (χ0n) is 9.18. The number of nitrogens with one attached hydrogen (secondary N) is 2. The highest BCUT2D eigenvalue weighted by molar-refractivity contribution is 5.93. The Morgan fingerprint density at radius 1 is 1.33 bits per heavy atom. The van der Waals surface area contributed by atoms with E-state index in [-0.39, 0.29) is 5.70 Å². The second-order valence-corrected chi connectivity index (χ2v) is 3.70. The molecule has 0 aromatic heterocycles. The first-order valence-corrected chi connectivity index (χ1v) is 5.13. The molecule has 0 fully saturated rings. The first-order valence-electron chi connectivity index (χ1n) is 5.13. The Balaban J connectivity index is 2.31. The lowest BCUT2D eigenvalue weighted by molar-refractivity contribution is -0.133. The number of amides is 2.